The number of ether oxygens (including phenoxy) is 2. The fourth-order valence-corrected chi connectivity index (χ4v) is 9.02. The Morgan fingerprint density at radius 1 is 0.413 bits per heavy atom. The minimum Gasteiger partial charge on any atom is -0.465 e. The van der Waals surface area contributed by atoms with Crippen molar-refractivity contribution in [2.24, 2.45) is 11.8 Å². The lowest BCUT2D eigenvalue weighted by atomic mass is 9.97. The molecule has 7 nitrogen and oxygen atoms in total. The molecular weight excluding hydrogens is 788 g/mol. The fourth-order valence-electron chi connectivity index (χ4n) is 9.02. The molecule has 374 valence electrons. The molecule has 8 heteroatoms. The summed E-state index contributed by atoms with van der Waals surface area (Å²) < 4.78 is 27.1. The zero-order valence-corrected chi connectivity index (χ0v) is 43.1. The van der Waals surface area contributed by atoms with Gasteiger partial charge in [0.05, 0.1) is 13.2 Å². The molecule has 0 heterocycles. The highest BCUT2D eigenvalue weighted by atomic mass is 19.1. The van der Waals surface area contributed by atoms with Crippen LogP contribution in [-0.2, 0) is 23.9 Å². The monoisotopic (exact) mass is 895 g/mol. The molecule has 0 radical (unpaired) electrons. The summed E-state index contributed by atoms with van der Waals surface area (Å²) in [6, 6.07) is 0.0750. The van der Waals surface area contributed by atoms with Gasteiger partial charge in [-0.3, -0.25) is 14.4 Å². The molecule has 0 aromatic heterocycles. The van der Waals surface area contributed by atoms with Crippen LogP contribution in [0.1, 0.15) is 272 Å². The Hall–Kier alpha value is -1.70. The van der Waals surface area contributed by atoms with Gasteiger partial charge in [-0.25, -0.2) is 4.39 Å². The molecule has 0 fully saturated rings. The first-order valence-corrected chi connectivity index (χ1v) is 27.5. The molecule has 0 aromatic carbocycles. The highest BCUT2D eigenvalue weighted by Crippen LogP contribution is 2.24. The van der Waals surface area contributed by atoms with Crippen molar-refractivity contribution in [3.8, 4) is 0 Å². The van der Waals surface area contributed by atoms with Gasteiger partial charge in [-0.1, -0.05) is 189 Å². The van der Waals surface area contributed by atoms with E-state index in [4.69, 9.17) is 9.47 Å². The van der Waals surface area contributed by atoms with E-state index in [0.717, 1.165) is 141 Å². The van der Waals surface area contributed by atoms with Gasteiger partial charge in [-0.15, -0.1) is 0 Å². The number of hydrogen-bond donors (Lipinski definition) is 0. The van der Waals surface area contributed by atoms with Crippen LogP contribution < -0.4 is 0 Å². The third-order valence-electron chi connectivity index (χ3n) is 13.2. The van der Waals surface area contributed by atoms with Gasteiger partial charge in [0, 0.05) is 25.4 Å². The number of nitrogens with zero attached hydrogens (tertiary/aromatic N) is 2. The van der Waals surface area contributed by atoms with Gasteiger partial charge >= 0.3 is 11.9 Å². The molecule has 0 aliphatic carbocycles. The zero-order chi connectivity index (χ0) is 46.6. The first-order chi connectivity index (χ1) is 30.6. The Kier molecular flexibility index (Phi) is 44.2. The van der Waals surface area contributed by atoms with Crippen molar-refractivity contribution < 1.29 is 28.2 Å². The third-order valence-corrected chi connectivity index (χ3v) is 13.2. The quantitative estimate of drug-likeness (QED) is 0.0447. The summed E-state index contributed by atoms with van der Waals surface area (Å²) in [5, 5.41) is 0. The maximum absolute atomic E-state index is 15.7. The van der Waals surface area contributed by atoms with E-state index in [2.05, 4.69) is 39.5 Å². The third kappa shape index (κ3) is 38.1. The summed E-state index contributed by atoms with van der Waals surface area (Å²) in [7, 11) is 4.00. The first kappa shape index (κ1) is 61.3. The summed E-state index contributed by atoms with van der Waals surface area (Å²) in [4.78, 5) is 42.9. The second-order valence-corrected chi connectivity index (χ2v) is 19.7. The topological polar surface area (TPSA) is 76.2 Å². The summed E-state index contributed by atoms with van der Waals surface area (Å²) in [5.41, 5.74) is 0. The molecule has 0 saturated heterocycles. The highest BCUT2D eigenvalue weighted by Gasteiger charge is 2.29. The Morgan fingerprint density at radius 3 is 1.24 bits per heavy atom. The number of esters is 2. The number of hydrogen-bond acceptors (Lipinski definition) is 6. The van der Waals surface area contributed by atoms with E-state index in [-0.39, 0.29) is 30.3 Å². The van der Waals surface area contributed by atoms with Crippen molar-refractivity contribution in [3.63, 3.8) is 0 Å². The lowest BCUT2D eigenvalue weighted by molar-refractivity contribution is -0.146. The number of alkyl halides is 1. The van der Waals surface area contributed by atoms with Gasteiger partial charge in [-0.2, -0.15) is 0 Å². The van der Waals surface area contributed by atoms with Gasteiger partial charge in [-0.05, 0) is 103 Å². The second kappa shape index (κ2) is 45.5. The molecule has 3 unspecified atom stereocenters. The predicted octanol–water partition coefficient (Wildman–Crippen LogP) is 15.9. The van der Waals surface area contributed by atoms with Gasteiger partial charge in [0.25, 0.3) is 5.91 Å². The number of amides is 1. The van der Waals surface area contributed by atoms with Crippen molar-refractivity contribution in [2.75, 3.05) is 40.4 Å². The standard InChI is InChI=1S/C55H107FN2O5/c1-8-13-17-18-19-24-29-34-46-58(55(61)52(56)42-35-45-57(6)7)51(40-30-25-20-22-27-32-43-53(59)62-47-49(36-12-5)37-14-9-2)41-31-26-21-23-28-33-44-54(60)63-48-50(38-15-10-3)39-16-11-4/h49-52H,8-48H2,1-7H3. The molecule has 1 amide bonds. The van der Waals surface area contributed by atoms with Crippen molar-refractivity contribution in [1.29, 1.82) is 0 Å². The predicted molar refractivity (Wildman–Crippen MR) is 267 cm³/mol. The molecule has 0 aromatic rings. The Bertz CT molecular complexity index is 1020. The van der Waals surface area contributed by atoms with E-state index in [9.17, 15) is 14.4 Å². The van der Waals surface area contributed by atoms with Crippen LogP contribution in [0.15, 0.2) is 0 Å². The van der Waals surface area contributed by atoms with Crippen LogP contribution in [0.4, 0.5) is 4.39 Å². The minimum atomic E-state index is -1.44. The van der Waals surface area contributed by atoms with Crippen LogP contribution in [-0.4, -0.2) is 80.3 Å². The number of rotatable bonds is 48. The number of carbonyl (C=O) groups excluding carboxylic acids is 3. The Morgan fingerprint density at radius 2 is 0.810 bits per heavy atom. The number of halogens is 1. The van der Waals surface area contributed by atoms with E-state index in [0.29, 0.717) is 50.9 Å². The van der Waals surface area contributed by atoms with Gasteiger partial charge in [0.2, 0.25) is 0 Å². The largest absolute Gasteiger partial charge is 0.465 e. The van der Waals surface area contributed by atoms with Crippen LogP contribution in [0.5, 0.6) is 0 Å². The van der Waals surface area contributed by atoms with E-state index in [1.54, 1.807) is 0 Å². The van der Waals surface area contributed by atoms with E-state index < -0.39 is 6.17 Å². The molecule has 0 bridgehead atoms. The Labute approximate surface area is 391 Å². The average Bonchev–Trinajstić information content (AvgIpc) is 3.27. The van der Waals surface area contributed by atoms with Crippen LogP contribution in [0, 0.1) is 11.8 Å². The number of carbonyl (C=O) groups is 3. The normalized spacial score (nSPS) is 13.1. The summed E-state index contributed by atoms with van der Waals surface area (Å²) in [6.07, 6.45) is 37.4. The van der Waals surface area contributed by atoms with Crippen LogP contribution in [0.3, 0.4) is 0 Å². The average molecular weight is 895 g/mol. The molecule has 3 atom stereocenters. The number of unbranched alkanes of at least 4 members (excludes halogenated alkanes) is 20. The summed E-state index contributed by atoms with van der Waals surface area (Å²) >= 11 is 0. The van der Waals surface area contributed by atoms with E-state index in [1.807, 2.05) is 19.0 Å². The molecule has 0 aliphatic heterocycles. The summed E-state index contributed by atoms with van der Waals surface area (Å²) in [6.45, 7) is 13.7. The maximum Gasteiger partial charge on any atom is 0.305 e. The molecule has 0 rings (SSSR count). The molecule has 0 saturated carbocycles. The van der Waals surface area contributed by atoms with Crippen molar-refractivity contribution in [2.45, 2.75) is 284 Å². The van der Waals surface area contributed by atoms with Crippen molar-refractivity contribution in [1.82, 2.24) is 9.80 Å². The first-order valence-electron chi connectivity index (χ1n) is 27.5. The van der Waals surface area contributed by atoms with E-state index >= 15 is 4.39 Å². The molecular formula is C55H107FN2O5. The van der Waals surface area contributed by atoms with Gasteiger partial charge < -0.3 is 19.3 Å². The SMILES string of the molecule is CCCCCCCCCCN(C(=O)C(F)CCCN(C)C)C(CCCCCCCCC(=O)OCC(CCC)CCCC)CCCCCCCCC(=O)OCC(CCCC)CCCC. The van der Waals surface area contributed by atoms with Gasteiger partial charge in [0.1, 0.15) is 0 Å². The van der Waals surface area contributed by atoms with Crippen LogP contribution in [0.2, 0.25) is 0 Å². The lowest BCUT2D eigenvalue weighted by Crippen LogP contribution is -2.45. The highest BCUT2D eigenvalue weighted by molar-refractivity contribution is 5.81. The molecule has 0 N–H and O–H groups in total. The van der Waals surface area contributed by atoms with Crippen LogP contribution in [0.25, 0.3) is 0 Å². The zero-order valence-electron chi connectivity index (χ0n) is 43.1. The second-order valence-electron chi connectivity index (χ2n) is 19.7. The molecule has 0 aliphatic rings. The molecule has 63 heavy (non-hydrogen) atoms. The van der Waals surface area contributed by atoms with Crippen molar-refractivity contribution >= 4 is 17.8 Å². The summed E-state index contributed by atoms with van der Waals surface area (Å²) in [5.74, 6) is 0.622. The fraction of sp³-hybridized carbons (Fsp3) is 0.945. The lowest BCUT2D eigenvalue weighted by Gasteiger charge is -2.33. The molecule has 0 spiro atoms. The minimum absolute atomic E-state index is 0.0429. The van der Waals surface area contributed by atoms with Gasteiger partial charge in [0.15, 0.2) is 6.17 Å². The van der Waals surface area contributed by atoms with E-state index in [1.165, 1.54) is 77.0 Å². The maximum atomic E-state index is 15.7. The van der Waals surface area contributed by atoms with Crippen LogP contribution >= 0.6 is 0 Å². The van der Waals surface area contributed by atoms with Crippen molar-refractivity contribution in [3.05, 3.63) is 0 Å². The Balaban J connectivity index is 5.19. The smallest absolute Gasteiger partial charge is 0.305 e.